The summed E-state index contributed by atoms with van der Waals surface area (Å²) in [7, 11) is 4.00. The third kappa shape index (κ3) is 2.29. The van der Waals surface area contributed by atoms with Gasteiger partial charge in [0.2, 0.25) is 0 Å². The highest BCUT2D eigenvalue weighted by Gasteiger charge is 2.59. The Hall–Kier alpha value is -2.86. The number of carbonyl (C=O) groups excluding carboxylic acids is 2. The van der Waals surface area contributed by atoms with E-state index >= 15 is 0 Å². The van der Waals surface area contributed by atoms with Crippen molar-refractivity contribution in [1.29, 1.82) is 0 Å². The van der Waals surface area contributed by atoms with Gasteiger partial charge in [-0.1, -0.05) is 30.8 Å². The second-order valence-electron chi connectivity index (χ2n) is 5.55. The minimum atomic E-state index is -1.29. The Morgan fingerprint density at radius 3 is 2.40 bits per heavy atom. The van der Waals surface area contributed by atoms with Crippen molar-refractivity contribution in [2.24, 2.45) is 0 Å². The summed E-state index contributed by atoms with van der Waals surface area (Å²) in [5.41, 5.74) is 0.499. The Morgan fingerprint density at radius 2 is 1.80 bits per heavy atom. The Kier molecular flexibility index (Phi) is 4.22. The van der Waals surface area contributed by atoms with Gasteiger partial charge < -0.3 is 18.9 Å². The van der Waals surface area contributed by atoms with Crippen molar-refractivity contribution in [2.45, 2.75) is 11.7 Å². The fraction of sp³-hybridized carbons (Fsp3) is 0.263. The summed E-state index contributed by atoms with van der Waals surface area (Å²) in [6.07, 6.45) is 2.41. The van der Waals surface area contributed by atoms with Gasteiger partial charge in [-0.2, -0.15) is 0 Å². The van der Waals surface area contributed by atoms with Gasteiger partial charge in [-0.3, -0.25) is 0 Å². The molecule has 6 heteroatoms. The Morgan fingerprint density at radius 1 is 1.12 bits per heavy atom. The third-order valence-corrected chi connectivity index (χ3v) is 4.43. The van der Waals surface area contributed by atoms with Crippen molar-refractivity contribution in [3.05, 3.63) is 71.0 Å². The van der Waals surface area contributed by atoms with Crippen molar-refractivity contribution in [2.75, 3.05) is 21.3 Å². The van der Waals surface area contributed by atoms with Gasteiger partial charge in [-0.15, -0.1) is 0 Å². The van der Waals surface area contributed by atoms with E-state index in [9.17, 15) is 9.59 Å². The van der Waals surface area contributed by atoms with E-state index in [4.69, 9.17) is 18.9 Å². The molecule has 0 radical (unpaired) electrons. The summed E-state index contributed by atoms with van der Waals surface area (Å²) in [6.45, 7) is 3.70. The van der Waals surface area contributed by atoms with Crippen LogP contribution in [0.1, 0.15) is 17.2 Å². The largest absolute Gasteiger partial charge is 0.497 e. The zero-order valence-electron chi connectivity index (χ0n) is 14.2. The molecule has 0 N–H and O–H groups in total. The van der Waals surface area contributed by atoms with Crippen molar-refractivity contribution in [3.8, 4) is 0 Å². The topological polar surface area (TPSA) is 71.1 Å². The predicted molar refractivity (Wildman–Crippen MR) is 88.3 cm³/mol. The molecule has 2 atom stereocenters. The lowest BCUT2D eigenvalue weighted by Gasteiger charge is -2.26. The normalized spacial score (nSPS) is 24.0. The fourth-order valence-corrected chi connectivity index (χ4v) is 3.38. The van der Waals surface area contributed by atoms with Crippen LogP contribution in [0, 0.1) is 0 Å². The average Bonchev–Trinajstić information content (AvgIpc) is 3.16. The number of hydrogen-bond acceptors (Lipinski definition) is 6. The Balaban J connectivity index is 2.35. The lowest BCUT2D eigenvalue weighted by Crippen LogP contribution is -2.31. The van der Waals surface area contributed by atoms with Gasteiger partial charge in [0, 0.05) is 0 Å². The van der Waals surface area contributed by atoms with Crippen LogP contribution in [0.3, 0.4) is 0 Å². The molecule has 2 aliphatic rings. The SMILES string of the molecule is C=C/C(=C/C12OC(C(C(=O)OC)=C1C(=O)OC)c1ccccc12)OC. The molecule has 0 spiro atoms. The van der Waals surface area contributed by atoms with Crippen molar-refractivity contribution < 1.29 is 28.5 Å². The molecule has 0 fully saturated rings. The van der Waals surface area contributed by atoms with Crippen LogP contribution in [0.4, 0.5) is 0 Å². The number of benzene rings is 1. The van der Waals surface area contributed by atoms with Gasteiger partial charge in [-0.05, 0) is 23.3 Å². The molecule has 2 bridgehead atoms. The first-order valence-electron chi connectivity index (χ1n) is 7.61. The zero-order chi connectivity index (χ0) is 18.2. The van der Waals surface area contributed by atoms with Crippen LogP contribution in [-0.2, 0) is 34.1 Å². The molecule has 130 valence electrons. The maximum absolute atomic E-state index is 12.5. The highest BCUT2D eigenvalue weighted by molar-refractivity contribution is 6.05. The zero-order valence-corrected chi connectivity index (χ0v) is 14.2. The molecular weight excluding hydrogens is 324 g/mol. The average molecular weight is 342 g/mol. The first-order chi connectivity index (χ1) is 12.0. The second kappa shape index (κ2) is 6.22. The lowest BCUT2D eigenvalue weighted by molar-refractivity contribution is -0.139. The summed E-state index contributed by atoms with van der Waals surface area (Å²) in [5, 5.41) is 0. The molecule has 2 unspecified atom stereocenters. The minimum Gasteiger partial charge on any atom is -0.497 e. The maximum atomic E-state index is 12.5. The smallest absolute Gasteiger partial charge is 0.338 e. The van der Waals surface area contributed by atoms with Crippen molar-refractivity contribution in [3.63, 3.8) is 0 Å². The number of rotatable bonds is 5. The molecule has 1 aromatic carbocycles. The van der Waals surface area contributed by atoms with E-state index < -0.39 is 23.6 Å². The molecule has 0 saturated heterocycles. The first-order valence-corrected chi connectivity index (χ1v) is 7.61. The number of carbonyl (C=O) groups is 2. The van der Waals surface area contributed by atoms with Crippen LogP contribution in [-0.4, -0.2) is 33.3 Å². The molecular formula is C19H18O6. The highest BCUT2D eigenvalue weighted by Crippen LogP contribution is 2.59. The molecule has 1 aromatic rings. The van der Waals surface area contributed by atoms with Crippen molar-refractivity contribution in [1.82, 2.24) is 0 Å². The Labute approximate surface area is 145 Å². The van der Waals surface area contributed by atoms with Crippen LogP contribution in [0.5, 0.6) is 0 Å². The quantitative estimate of drug-likeness (QED) is 0.465. The van der Waals surface area contributed by atoms with Crippen LogP contribution in [0.15, 0.2) is 59.9 Å². The Bertz CT molecular complexity index is 819. The summed E-state index contributed by atoms with van der Waals surface area (Å²) in [6, 6.07) is 7.38. The molecule has 2 heterocycles. The number of methoxy groups -OCH3 is 3. The number of fused-ring (bicyclic) bond motifs is 5. The maximum Gasteiger partial charge on any atom is 0.338 e. The summed E-state index contributed by atoms with van der Waals surface area (Å²) in [4.78, 5) is 24.9. The molecule has 25 heavy (non-hydrogen) atoms. The van der Waals surface area contributed by atoms with Gasteiger partial charge in [0.05, 0.1) is 32.5 Å². The number of esters is 2. The van der Waals surface area contributed by atoms with Crippen LogP contribution >= 0.6 is 0 Å². The summed E-state index contributed by atoms with van der Waals surface area (Å²) < 4.78 is 21.2. The predicted octanol–water partition coefficient (Wildman–Crippen LogP) is 2.33. The standard InChI is InChI=1S/C19H18O6/c1-5-11(22-2)10-19-13-9-7-6-8-12(13)16(25-19)14(17(20)23-3)15(19)18(21)24-4/h5-10,16H,1H2,2-4H3/b11-10-. The molecule has 0 amide bonds. The summed E-state index contributed by atoms with van der Waals surface area (Å²) in [5.74, 6) is -0.885. The van der Waals surface area contributed by atoms with E-state index in [0.717, 1.165) is 11.1 Å². The van der Waals surface area contributed by atoms with Crippen molar-refractivity contribution >= 4 is 11.9 Å². The van der Waals surface area contributed by atoms with E-state index in [1.807, 2.05) is 24.3 Å². The van der Waals surface area contributed by atoms with Crippen LogP contribution in [0.25, 0.3) is 0 Å². The number of allylic oxidation sites excluding steroid dienone is 1. The van der Waals surface area contributed by atoms with Crippen LogP contribution < -0.4 is 0 Å². The van der Waals surface area contributed by atoms with Gasteiger partial charge in [0.1, 0.15) is 17.5 Å². The molecule has 6 nitrogen and oxygen atoms in total. The minimum absolute atomic E-state index is 0.0990. The van der Waals surface area contributed by atoms with Crippen LogP contribution in [0.2, 0.25) is 0 Å². The molecule has 2 aliphatic heterocycles. The third-order valence-electron chi connectivity index (χ3n) is 4.43. The monoisotopic (exact) mass is 342 g/mol. The number of ether oxygens (including phenoxy) is 4. The van der Waals surface area contributed by atoms with E-state index in [1.165, 1.54) is 27.4 Å². The number of hydrogen-bond donors (Lipinski definition) is 0. The molecule has 0 aromatic heterocycles. The van der Waals surface area contributed by atoms with Gasteiger partial charge >= 0.3 is 11.9 Å². The molecule has 3 rings (SSSR count). The first kappa shape index (κ1) is 17.0. The van der Waals surface area contributed by atoms with E-state index in [-0.39, 0.29) is 11.1 Å². The highest BCUT2D eigenvalue weighted by atomic mass is 16.6. The van der Waals surface area contributed by atoms with E-state index in [2.05, 4.69) is 6.58 Å². The fourth-order valence-electron chi connectivity index (χ4n) is 3.38. The van der Waals surface area contributed by atoms with E-state index in [0.29, 0.717) is 5.76 Å². The summed E-state index contributed by atoms with van der Waals surface area (Å²) >= 11 is 0. The molecule has 0 saturated carbocycles. The second-order valence-corrected chi connectivity index (χ2v) is 5.55. The van der Waals surface area contributed by atoms with Gasteiger partial charge in [-0.25, -0.2) is 9.59 Å². The van der Waals surface area contributed by atoms with Gasteiger partial charge in [0.15, 0.2) is 0 Å². The van der Waals surface area contributed by atoms with Gasteiger partial charge in [0.25, 0.3) is 0 Å². The molecule has 0 aliphatic carbocycles. The lowest BCUT2D eigenvalue weighted by atomic mass is 9.77. The van der Waals surface area contributed by atoms with E-state index in [1.54, 1.807) is 6.08 Å².